The molecule has 0 spiro atoms. The van der Waals surface area contributed by atoms with Crippen LogP contribution in [0.3, 0.4) is 0 Å². The summed E-state index contributed by atoms with van der Waals surface area (Å²) in [6.45, 7) is 10.8. The molecule has 8 heteroatoms. The van der Waals surface area contributed by atoms with Gasteiger partial charge in [-0.05, 0) is 57.4 Å². The SMILES string of the molecule is CCOCCCNC(=NCc1ccc(OC)cc1)NCCCn1nc(C)cc1C.I. The van der Waals surface area contributed by atoms with E-state index in [2.05, 4.69) is 33.4 Å². The minimum Gasteiger partial charge on any atom is -0.497 e. The quantitative estimate of drug-likeness (QED) is 0.190. The van der Waals surface area contributed by atoms with Crippen molar-refractivity contribution in [2.24, 2.45) is 4.99 Å². The number of methoxy groups -OCH3 is 1. The summed E-state index contributed by atoms with van der Waals surface area (Å²) in [7, 11) is 1.67. The number of rotatable bonds is 12. The number of ether oxygens (including phenoxy) is 2. The number of benzene rings is 1. The molecule has 0 saturated carbocycles. The summed E-state index contributed by atoms with van der Waals surface area (Å²) in [6.07, 6.45) is 1.92. The highest BCUT2D eigenvalue weighted by molar-refractivity contribution is 14.0. The largest absolute Gasteiger partial charge is 0.497 e. The van der Waals surface area contributed by atoms with E-state index in [0.717, 1.165) is 68.7 Å². The standard InChI is InChI=1S/C22H35N5O2.HI/c1-5-29-15-7-13-24-22(25-17-20-8-10-21(28-4)11-9-20)23-12-6-14-27-19(3)16-18(2)26-27;/h8-11,16H,5-7,12-15,17H2,1-4H3,(H2,23,24,25);1H. The Labute approximate surface area is 197 Å². The zero-order valence-corrected chi connectivity index (χ0v) is 20.9. The van der Waals surface area contributed by atoms with Crippen LogP contribution in [0.1, 0.15) is 36.7 Å². The van der Waals surface area contributed by atoms with Crippen molar-refractivity contribution in [2.45, 2.75) is 46.7 Å². The van der Waals surface area contributed by atoms with E-state index >= 15 is 0 Å². The van der Waals surface area contributed by atoms with E-state index in [-0.39, 0.29) is 24.0 Å². The molecule has 0 radical (unpaired) electrons. The first-order chi connectivity index (χ1) is 14.1. The molecule has 0 unspecified atom stereocenters. The van der Waals surface area contributed by atoms with Crippen molar-refractivity contribution in [3.05, 3.63) is 47.3 Å². The maximum Gasteiger partial charge on any atom is 0.191 e. The third-order valence-corrected chi connectivity index (χ3v) is 4.48. The van der Waals surface area contributed by atoms with Crippen LogP contribution < -0.4 is 15.4 Å². The van der Waals surface area contributed by atoms with Crippen molar-refractivity contribution >= 4 is 29.9 Å². The number of halogens is 1. The van der Waals surface area contributed by atoms with Gasteiger partial charge in [-0.3, -0.25) is 4.68 Å². The van der Waals surface area contributed by atoms with Crippen molar-refractivity contribution in [3.8, 4) is 5.75 Å². The second-order valence-electron chi connectivity index (χ2n) is 6.92. The molecule has 0 fully saturated rings. The smallest absolute Gasteiger partial charge is 0.191 e. The van der Waals surface area contributed by atoms with Crippen LogP contribution in [0.2, 0.25) is 0 Å². The van der Waals surface area contributed by atoms with Crippen LogP contribution in [0.25, 0.3) is 0 Å². The van der Waals surface area contributed by atoms with Gasteiger partial charge in [0, 0.05) is 38.5 Å². The van der Waals surface area contributed by atoms with E-state index in [0.29, 0.717) is 6.54 Å². The minimum atomic E-state index is 0. The van der Waals surface area contributed by atoms with E-state index in [1.165, 1.54) is 5.69 Å². The Bertz CT molecular complexity index is 746. The highest BCUT2D eigenvalue weighted by Crippen LogP contribution is 2.11. The Morgan fingerprint density at radius 1 is 1.10 bits per heavy atom. The number of aromatic nitrogens is 2. The van der Waals surface area contributed by atoms with Gasteiger partial charge in [-0.15, -0.1) is 24.0 Å². The van der Waals surface area contributed by atoms with Crippen LogP contribution in [0, 0.1) is 13.8 Å². The average molecular weight is 529 g/mol. The van der Waals surface area contributed by atoms with Crippen molar-refractivity contribution in [1.29, 1.82) is 0 Å². The molecular weight excluding hydrogens is 493 g/mol. The van der Waals surface area contributed by atoms with Crippen molar-refractivity contribution in [2.75, 3.05) is 33.4 Å². The average Bonchev–Trinajstić information content (AvgIpc) is 3.05. The van der Waals surface area contributed by atoms with Gasteiger partial charge in [0.05, 0.1) is 19.3 Å². The van der Waals surface area contributed by atoms with Gasteiger partial charge < -0.3 is 20.1 Å². The van der Waals surface area contributed by atoms with Crippen LogP contribution in [0.15, 0.2) is 35.3 Å². The fraction of sp³-hybridized carbons (Fsp3) is 0.545. The fourth-order valence-electron chi connectivity index (χ4n) is 2.94. The molecule has 0 bridgehead atoms. The van der Waals surface area contributed by atoms with Gasteiger partial charge in [0.1, 0.15) is 5.75 Å². The molecule has 0 amide bonds. The van der Waals surface area contributed by atoms with E-state index in [1.807, 2.05) is 38.1 Å². The predicted octanol–water partition coefficient (Wildman–Crippen LogP) is 3.68. The van der Waals surface area contributed by atoms with Gasteiger partial charge in [-0.1, -0.05) is 12.1 Å². The predicted molar refractivity (Wildman–Crippen MR) is 133 cm³/mol. The maximum absolute atomic E-state index is 5.41. The summed E-state index contributed by atoms with van der Waals surface area (Å²) >= 11 is 0. The van der Waals surface area contributed by atoms with Crippen molar-refractivity contribution in [3.63, 3.8) is 0 Å². The monoisotopic (exact) mass is 529 g/mol. The summed E-state index contributed by atoms with van der Waals surface area (Å²) < 4.78 is 12.7. The second kappa shape index (κ2) is 15.1. The van der Waals surface area contributed by atoms with E-state index in [9.17, 15) is 0 Å². The molecule has 1 heterocycles. The van der Waals surface area contributed by atoms with Crippen LogP contribution in [0.5, 0.6) is 5.75 Å². The molecule has 30 heavy (non-hydrogen) atoms. The molecular formula is C22H36IN5O2. The normalized spacial score (nSPS) is 11.1. The lowest BCUT2D eigenvalue weighted by atomic mass is 10.2. The lowest BCUT2D eigenvalue weighted by Crippen LogP contribution is -2.39. The first-order valence-electron chi connectivity index (χ1n) is 10.4. The molecule has 168 valence electrons. The zero-order valence-electron chi connectivity index (χ0n) is 18.6. The minimum absolute atomic E-state index is 0. The molecule has 0 aliphatic carbocycles. The van der Waals surface area contributed by atoms with E-state index < -0.39 is 0 Å². The van der Waals surface area contributed by atoms with Gasteiger partial charge in [-0.25, -0.2) is 4.99 Å². The Kier molecular flexibility index (Phi) is 13.2. The van der Waals surface area contributed by atoms with Crippen LogP contribution in [-0.4, -0.2) is 49.2 Å². The van der Waals surface area contributed by atoms with Gasteiger partial charge in [0.15, 0.2) is 5.96 Å². The number of hydrogen-bond acceptors (Lipinski definition) is 4. The van der Waals surface area contributed by atoms with E-state index in [1.54, 1.807) is 7.11 Å². The summed E-state index contributed by atoms with van der Waals surface area (Å²) in [5.41, 5.74) is 3.40. The molecule has 0 atom stereocenters. The molecule has 0 saturated heterocycles. The Morgan fingerprint density at radius 3 is 2.40 bits per heavy atom. The van der Waals surface area contributed by atoms with Gasteiger partial charge >= 0.3 is 0 Å². The third kappa shape index (κ3) is 9.80. The lowest BCUT2D eigenvalue weighted by Gasteiger charge is -2.13. The van der Waals surface area contributed by atoms with Crippen molar-refractivity contribution in [1.82, 2.24) is 20.4 Å². The van der Waals surface area contributed by atoms with Gasteiger partial charge in [0.2, 0.25) is 0 Å². The molecule has 0 aliphatic heterocycles. The highest BCUT2D eigenvalue weighted by atomic mass is 127. The zero-order chi connectivity index (χ0) is 20.9. The number of nitrogens with zero attached hydrogens (tertiary/aromatic N) is 3. The maximum atomic E-state index is 5.41. The van der Waals surface area contributed by atoms with Crippen LogP contribution >= 0.6 is 24.0 Å². The molecule has 2 rings (SSSR count). The van der Waals surface area contributed by atoms with E-state index in [4.69, 9.17) is 14.5 Å². The highest BCUT2D eigenvalue weighted by Gasteiger charge is 2.02. The Hall–Kier alpha value is -1.81. The summed E-state index contributed by atoms with van der Waals surface area (Å²) in [5, 5.41) is 11.3. The van der Waals surface area contributed by atoms with Crippen LogP contribution in [0.4, 0.5) is 0 Å². The lowest BCUT2D eigenvalue weighted by molar-refractivity contribution is 0.145. The van der Waals surface area contributed by atoms with Gasteiger partial charge in [0.25, 0.3) is 0 Å². The molecule has 2 aromatic rings. The summed E-state index contributed by atoms with van der Waals surface area (Å²) in [6, 6.07) is 10.1. The molecule has 1 aromatic carbocycles. The van der Waals surface area contributed by atoms with Crippen LogP contribution in [-0.2, 0) is 17.8 Å². The number of aliphatic imine (C=N–C) groups is 1. The molecule has 1 aromatic heterocycles. The summed E-state index contributed by atoms with van der Waals surface area (Å²) in [4.78, 5) is 4.72. The first kappa shape index (κ1) is 26.2. The first-order valence-corrected chi connectivity index (χ1v) is 10.4. The Balaban J connectivity index is 0.00000450. The summed E-state index contributed by atoms with van der Waals surface area (Å²) in [5.74, 6) is 1.68. The molecule has 0 aliphatic rings. The van der Waals surface area contributed by atoms with Crippen molar-refractivity contribution < 1.29 is 9.47 Å². The Morgan fingerprint density at radius 2 is 1.80 bits per heavy atom. The molecule has 7 nitrogen and oxygen atoms in total. The number of hydrogen-bond donors (Lipinski definition) is 2. The number of guanidine groups is 1. The number of nitrogens with one attached hydrogen (secondary N) is 2. The third-order valence-electron chi connectivity index (χ3n) is 4.48. The van der Waals surface area contributed by atoms with Gasteiger partial charge in [-0.2, -0.15) is 5.10 Å². The molecule has 2 N–H and O–H groups in total. The topological polar surface area (TPSA) is 72.7 Å². The number of aryl methyl sites for hydroxylation is 3. The second-order valence-corrected chi connectivity index (χ2v) is 6.92. The fourth-order valence-corrected chi connectivity index (χ4v) is 2.94.